The van der Waals surface area contributed by atoms with Gasteiger partial charge < -0.3 is 9.84 Å². The van der Waals surface area contributed by atoms with Gasteiger partial charge in [0.25, 0.3) is 0 Å². The molecule has 3 aromatic carbocycles. The number of fused-ring (bicyclic) bond motifs is 1. The minimum atomic E-state index is -0.481. The molecule has 0 saturated heterocycles. The van der Waals surface area contributed by atoms with Crippen molar-refractivity contribution in [2.75, 3.05) is 0 Å². The summed E-state index contributed by atoms with van der Waals surface area (Å²) in [6.45, 7) is 0. The molecule has 0 aliphatic carbocycles. The Morgan fingerprint density at radius 3 is 2.44 bits per heavy atom. The summed E-state index contributed by atoms with van der Waals surface area (Å²) in [5.41, 5.74) is 2.78. The molecular formula is C22H16O3. The zero-order chi connectivity index (χ0) is 17.2. The molecule has 1 unspecified atom stereocenters. The molecule has 3 nitrogen and oxygen atoms in total. The van der Waals surface area contributed by atoms with E-state index in [1.165, 1.54) is 0 Å². The van der Waals surface area contributed by atoms with Gasteiger partial charge >= 0.3 is 0 Å². The van der Waals surface area contributed by atoms with Crippen molar-refractivity contribution in [1.29, 1.82) is 0 Å². The van der Waals surface area contributed by atoms with E-state index >= 15 is 0 Å². The van der Waals surface area contributed by atoms with E-state index in [0.29, 0.717) is 16.9 Å². The van der Waals surface area contributed by atoms with Crippen molar-refractivity contribution in [2.24, 2.45) is 0 Å². The maximum atomic E-state index is 13.1. The molecule has 4 rings (SSSR count). The monoisotopic (exact) mass is 328 g/mol. The van der Waals surface area contributed by atoms with Crippen LogP contribution in [-0.2, 0) is 0 Å². The second kappa shape index (κ2) is 6.29. The lowest BCUT2D eigenvalue weighted by molar-refractivity contribution is 0.0963. The van der Waals surface area contributed by atoms with Gasteiger partial charge in [-0.25, -0.2) is 0 Å². The molecule has 1 atom stereocenters. The number of phenolic OH excluding ortho intramolecular Hbond substituents is 1. The van der Waals surface area contributed by atoms with Crippen LogP contribution in [0, 0.1) is 0 Å². The molecular weight excluding hydrogens is 312 g/mol. The smallest absolute Gasteiger partial charge is 0.196 e. The van der Waals surface area contributed by atoms with Crippen molar-refractivity contribution < 1.29 is 14.6 Å². The topological polar surface area (TPSA) is 46.5 Å². The van der Waals surface area contributed by atoms with Crippen LogP contribution in [-0.4, -0.2) is 10.9 Å². The first-order valence-electron chi connectivity index (χ1n) is 8.08. The summed E-state index contributed by atoms with van der Waals surface area (Å²) in [6, 6.07) is 23.8. The van der Waals surface area contributed by atoms with E-state index in [0.717, 1.165) is 11.1 Å². The normalized spacial score (nSPS) is 17.8. The van der Waals surface area contributed by atoms with Gasteiger partial charge in [0.05, 0.1) is 5.56 Å². The largest absolute Gasteiger partial charge is 0.508 e. The van der Waals surface area contributed by atoms with Crippen LogP contribution in [0.4, 0.5) is 0 Å². The number of para-hydroxylation sites is 1. The second-order valence-electron chi connectivity index (χ2n) is 5.93. The maximum Gasteiger partial charge on any atom is 0.196 e. The van der Waals surface area contributed by atoms with Gasteiger partial charge in [-0.1, -0.05) is 54.6 Å². The summed E-state index contributed by atoms with van der Waals surface area (Å²) >= 11 is 0. The van der Waals surface area contributed by atoms with Gasteiger partial charge in [0.2, 0.25) is 0 Å². The first-order chi connectivity index (χ1) is 12.2. The summed E-state index contributed by atoms with van der Waals surface area (Å²) in [5, 5.41) is 9.70. The van der Waals surface area contributed by atoms with E-state index in [1.54, 1.807) is 30.3 Å². The van der Waals surface area contributed by atoms with Crippen LogP contribution in [0.5, 0.6) is 11.5 Å². The highest BCUT2D eigenvalue weighted by Crippen LogP contribution is 2.39. The Balaban J connectivity index is 1.87. The Morgan fingerprint density at radius 2 is 1.64 bits per heavy atom. The molecule has 0 amide bonds. The molecule has 1 aliphatic rings. The number of hydrogen-bond acceptors (Lipinski definition) is 3. The Bertz CT molecular complexity index is 958. The highest BCUT2D eigenvalue weighted by Gasteiger charge is 2.32. The third kappa shape index (κ3) is 2.92. The fourth-order valence-electron chi connectivity index (χ4n) is 3.03. The number of benzene rings is 3. The molecule has 1 aliphatic heterocycles. The number of aromatic hydroxyl groups is 1. The lowest BCUT2D eigenvalue weighted by Gasteiger charge is -2.28. The van der Waals surface area contributed by atoms with Crippen molar-refractivity contribution in [1.82, 2.24) is 0 Å². The summed E-state index contributed by atoms with van der Waals surface area (Å²) in [4.78, 5) is 13.1. The van der Waals surface area contributed by atoms with E-state index < -0.39 is 6.10 Å². The van der Waals surface area contributed by atoms with Gasteiger partial charge in [-0.15, -0.1) is 0 Å². The molecule has 3 aromatic rings. The van der Waals surface area contributed by atoms with Gasteiger partial charge in [-0.05, 0) is 41.5 Å². The van der Waals surface area contributed by atoms with Crippen LogP contribution in [0.1, 0.15) is 27.6 Å². The summed E-state index contributed by atoms with van der Waals surface area (Å²) in [5.74, 6) is 0.698. The highest BCUT2D eigenvalue weighted by molar-refractivity contribution is 6.14. The average Bonchev–Trinajstić information content (AvgIpc) is 2.65. The number of phenols is 1. The van der Waals surface area contributed by atoms with Crippen LogP contribution >= 0.6 is 0 Å². The van der Waals surface area contributed by atoms with Crippen LogP contribution in [0.3, 0.4) is 0 Å². The van der Waals surface area contributed by atoms with E-state index in [-0.39, 0.29) is 11.5 Å². The fourth-order valence-corrected chi connectivity index (χ4v) is 3.03. The first kappa shape index (κ1) is 15.2. The third-order valence-corrected chi connectivity index (χ3v) is 4.22. The highest BCUT2D eigenvalue weighted by atomic mass is 16.5. The SMILES string of the molecule is O=C1/C(=C/c2cccc(O)c2)C(c2ccccc2)Oc2ccccc21. The standard InChI is InChI=1S/C22H16O3/c23-17-10-6-7-15(13-17)14-19-21(24)18-11-4-5-12-20(18)25-22(19)16-8-2-1-3-9-16/h1-14,22-23H/b19-14-. The maximum absolute atomic E-state index is 13.1. The van der Waals surface area contributed by atoms with Crippen molar-refractivity contribution in [3.8, 4) is 11.5 Å². The van der Waals surface area contributed by atoms with E-state index in [1.807, 2.05) is 54.6 Å². The van der Waals surface area contributed by atoms with Crippen LogP contribution in [0.2, 0.25) is 0 Å². The molecule has 0 spiro atoms. The van der Waals surface area contributed by atoms with Crippen LogP contribution in [0.25, 0.3) is 6.08 Å². The fraction of sp³-hybridized carbons (Fsp3) is 0.0455. The van der Waals surface area contributed by atoms with Gasteiger partial charge in [0, 0.05) is 5.57 Å². The van der Waals surface area contributed by atoms with Crippen molar-refractivity contribution in [3.63, 3.8) is 0 Å². The minimum Gasteiger partial charge on any atom is -0.508 e. The van der Waals surface area contributed by atoms with Crippen LogP contribution < -0.4 is 4.74 Å². The molecule has 0 aromatic heterocycles. The Hall–Kier alpha value is -3.33. The van der Waals surface area contributed by atoms with Crippen molar-refractivity contribution >= 4 is 11.9 Å². The molecule has 3 heteroatoms. The third-order valence-electron chi connectivity index (χ3n) is 4.22. The van der Waals surface area contributed by atoms with Gasteiger partial charge in [0.1, 0.15) is 11.5 Å². The zero-order valence-corrected chi connectivity index (χ0v) is 13.4. The number of ketones is 1. The molecule has 1 heterocycles. The number of carbonyl (C=O) groups excluding carboxylic acids is 1. The van der Waals surface area contributed by atoms with Gasteiger partial charge in [-0.2, -0.15) is 0 Å². The number of Topliss-reactive ketones (excluding diaryl/α,β-unsaturated/α-hetero) is 1. The lowest BCUT2D eigenvalue weighted by Crippen LogP contribution is -2.23. The van der Waals surface area contributed by atoms with E-state index in [2.05, 4.69) is 0 Å². The summed E-state index contributed by atoms with van der Waals surface area (Å²) in [7, 11) is 0. The predicted molar refractivity (Wildman–Crippen MR) is 96.7 cm³/mol. The molecule has 1 N–H and O–H groups in total. The Labute approximate surface area is 145 Å². The predicted octanol–water partition coefficient (Wildman–Crippen LogP) is 4.79. The number of rotatable bonds is 2. The van der Waals surface area contributed by atoms with E-state index in [9.17, 15) is 9.90 Å². The summed E-state index contributed by atoms with van der Waals surface area (Å²) < 4.78 is 6.15. The van der Waals surface area contributed by atoms with Gasteiger partial charge in [-0.3, -0.25) is 4.79 Å². The van der Waals surface area contributed by atoms with E-state index in [4.69, 9.17) is 4.74 Å². The second-order valence-corrected chi connectivity index (χ2v) is 5.93. The van der Waals surface area contributed by atoms with Crippen LogP contribution in [0.15, 0.2) is 84.4 Å². The zero-order valence-electron chi connectivity index (χ0n) is 13.4. The molecule has 0 radical (unpaired) electrons. The molecule has 122 valence electrons. The quantitative estimate of drug-likeness (QED) is 0.688. The molecule has 0 fully saturated rings. The summed E-state index contributed by atoms with van der Waals surface area (Å²) in [6.07, 6.45) is 1.31. The average molecular weight is 328 g/mol. The lowest BCUT2D eigenvalue weighted by atomic mass is 9.89. The van der Waals surface area contributed by atoms with Crippen molar-refractivity contribution in [2.45, 2.75) is 6.10 Å². The number of carbonyl (C=O) groups is 1. The van der Waals surface area contributed by atoms with Crippen molar-refractivity contribution in [3.05, 3.63) is 101 Å². The number of hydrogen-bond donors (Lipinski definition) is 1. The number of ether oxygens (including phenoxy) is 1. The minimum absolute atomic E-state index is 0.0564. The molecule has 0 saturated carbocycles. The molecule has 0 bridgehead atoms. The first-order valence-corrected chi connectivity index (χ1v) is 8.08. The van der Waals surface area contributed by atoms with Gasteiger partial charge in [0.15, 0.2) is 11.9 Å². The Kier molecular flexibility index (Phi) is 3.82. The Morgan fingerprint density at radius 1 is 0.880 bits per heavy atom. The molecule has 25 heavy (non-hydrogen) atoms.